The van der Waals surface area contributed by atoms with Gasteiger partial charge in [-0.25, -0.2) is 9.97 Å². The normalized spacial score (nSPS) is 10.3. The van der Waals surface area contributed by atoms with Crippen LogP contribution in [-0.2, 0) is 0 Å². The number of rotatable bonds is 5. The second-order valence-corrected chi connectivity index (χ2v) is 5.61. The van der Waals surface area contributed by atoms with Crippen molar-refractivity contribution in [2.75, 3.05) is 11.9 Å². The van der Waals surface area contributed by atoms with E-state index in [9.17, 15) is 0 Å². The number of anilines is 1. The average molecular weight is 364 g/mol. The number of hydrogen-bond acceptors (Lipinski definition) is 4. The molecule has 0 atom stereocenters. The lowest BCUT2D eigenvalue weighted by Gasteiger charge is -2.07. The van der Waals surface area contributed by atoms with Crippen LogP contribution in [0, 0.1) is 0 Å². The third-order valence-electron chi connectivity index (χ3n) is 4.00. The zero-order chi connectivity index (χ0) is 17.1. The molecule has 0 saturated carbocycles. The highest BCUT2D eigenvalue weighted by molar-refractivity contribution is 6.05. The van der Waals surface area contributed by atoms with E-state index in [1.54, 1.807) is 6.08 Å². The van der Waals surface area contributed by atoms with Gasteiger partial charge in [0.05, 0.1) is 5.39 Å². The summed E-state index contributed by atoms with van der Waals surface area (Å²) in [6.07, 6.45) is 3.31. The molecule has 0 bridgehead atoms. The Kier molecular flexibility index (Phi) is 5.34. The Morgan fingerprint density at radius 2 is 1.58 bits per heavy atom. The molecule has 4 nitrogen and oxygen atoms in total. The fourth-order valence-corrected chi connectivity index (χ4v) is 2.91. The molecule has 0 spiro atoms. The molecule has 0 amide bonds. The molecule has 4 aromatic rings. The summed E-state index contributed by atoms with van der Waals surface area (Å²) in [4.78, 5) is 8.75. The fourth-order valence-electron chi connectivity index (χ4n) is 2.91. The van der Waals surface area contributed by atoms with Crippen molar-refractivity contribution in [2.24, 2.45) is 0 Å². The van der Waals surface area contributed by atoms with E-state index in [-0.39, 0.29) is 12.4 Å². The Morgan fingerprint density at radius 3 is 2.23 bits per heavy atom. The molecule has 0 aliphatic carbocycles. The van der Waals surface area contributed by atoms with Crippen LogP contribution in [0.2, 0.25) is 0 Å². The first-order valence-electron chi connectivity index (χ1n) is 8.11. The first-order valence-corrected chi connectivity index (χ1v) is 8.11. The molecule has 0 radical (unpaired) electrons. The Morgan fingerprint density at radius 1 is 0.923 bits per heavy atom. The van der Waals surface area contributed by atoms with E-state index in [4.69, 9.17) is 4.42 Å². The summed E-state index contributed by atoms with van der Waals surface area (Å²) in [5.41, 5.74) is 3.64. The van der Waals surface area contributed by atoms with Gasteiger partial charge < -0.3 is 9.73 Å². The lowest BCUT2D eigenvalue weighted by Crippen LogP contribution is -2.01. The van der Waals surface area contributed by atoms with Gasteiger partial charge in [-0.3, -0.25) is 0 Å². The second-order valence-electron chi connectivity index (χ2n) is 5.61. The molecule has 0 saturated heterocycles. The summed E-state index contributed by atoms with van der Waals surface area (Å²) < 4.78 is 6.14. The predicted octanol–water partition coefficient (Wildman–Crippen LogP) is 5.58. The van der Waals surface area contributed by atoms with Gasteiger partial charge in [0.15, 0.2) is 0 Å². The van der Waals surface area contributed by atoms with Crippen LogP contribution >= 0.6 is 12.4 Å². The maximum absolute atomic E-state index is 6.14. The lowest BCUT2D eigenvalue weighted by atomic mass is 9.99. The van der Waals surface area contributed by atoms with Crippen molar-refractivity contribution >= 4 is 29.3 Å². The van der Waals surface area contributed by atoms with Crippen LogP contribution in [0.15, 0.2) is 84.1 Å². The number of nitrogens with zero attached hydrogens (tertiary/aromatic N) is 2. The summed E-state index contributed by atoms with van der Waals surface area (Å²) in [6, 6.07) is 20.2. The predicted molar refractivity (Wildman–Crippen MR) is 109 cm³/mol. The van der Waals surface area contributed by atoms with Gasteiger partial charge in [-0.15, -0.1) is 19.0 Å². The number of furan rings is 1. The molecule has 0 aliphatic heterocycles. The van der Waals surface area contributed by atoms with E-state index in [0.717, 1.165) is 33.7 Å². The number of hydrogen-bond donors (Lipinski definition) is 1. The molecule has 0 unspecified atom stereocenters. The Labute approximate surface area is 158 Å². The standard InChI is InChI=1S/C21H17N3O.ClH/c1-2-13-22-20-18-17(15-9-5-3-6-10-15)19(16-11-7-4-8-12-16)25-21(18)24-14-23-20;/h2-12,14H,1,13H2,(H,22,23,24);1H. The number of nitrogens with one attached hydrogen (secondary N) is 1. The monoisotopic (exact) mass is 363 g/mol. The number of halogens is 1. The SMILES string of the molecule is C=CCNc1ncnc2oc(-c3ccccc3)c(-c3ccccc3)c12.Cl. The van der Waals surface area contributed by atoms with Gasteiger partial charge in [0, 0.05) is 17.7 Å². The summed E-state index contributed by atoms with van der Waals surface area (Å²) in [6.45, 7) is 4.38. The van der Waals surface area contributed by atoms with Crippen LogP contribution in [0.4, 0.5) is 5.82 Å². The quantitative estimate of drug-likeness (QED) is 0.470. The molecular formula is C21H18ClN3O. The fraction of sp³-hybridized carbons (Fsp3) is 0.0476. The van der Waals surface area contributed by atoms with Gasteiger partial charge in [-0.2, -0.15) is 0 Å². The first-order chi connectivity index (χ1) is 12.4. The third-order valence-corrected chi connectivity index (χ3v) is 4.00. The summed E-state index contributed by atoms with van der Waals surface area (Å²) in [5.74, 6) is 1.54. The van der Waals surface area contributed by atoms with Crippen molar-refractivity contribution in [3.8, 4) is 22.5 Å². The highest BCUT2D eigenvalue weighted by Crippen LogP contribution is 2.42. The minimum Gasteiger partial charge on any atom is -0.437 e. The minimum absolute atomic E-state index is 0. The Hall–Kier alpha value is -3.11. The van der Waals surface area contributed by atoms with Crippen molar-refractivity contribution in [3.05, 3.63) is 79.6 Å². The molecule has 5 heteroatoms. The molecule has 2 heterocycles. The molecule has 0 aliphatic rings. The molecule has 26 heavy (non-hydrogen) atoms. The molecule has 4 rings (SSSR count). The highest BCUT2D eigenvalue weighted by Gasteiger charge is 2.21. The smallest absolute Gasteiger partial charge is 0.232 e. The van der Waals surface area contributed by atoms with Gasteiger partial charge in [-0.1, -0.05) is 66.7 Å². The van der Waals surface area contributed by atoms with E-state index in [1.807, 2.05) is 48.5 Å². The van der Waals surface area contributed by atoms with E-state index in [2.05, 4.69) is 34.0 Å². The maximum Gasteiger partial charge on any atom is 0.232 e. The van der Waals surface area contributed by atoms with Crippen molar-refractivity contribution in [1.29, 1.82) is 0 Å². The van der Waals surface area contributed by atoms with Gasteiger partial charge in [0.25, 0.3) is 0 Å². The molecule has 130 valence electrons. The van der Waals surface area contributed by atoms with Crippen molar-refractivity contribution in [2.45, 2.75) is 0 Å². The van der Waals surface area contributed by atoms with Crippen LogP contribution in [-0.4, -0.2) is 16.5 Å². The number of benzene rings is 2. The Balaban J connectivity index is 0.00000196. The molecule has 0 fully saturated rings. The van der Waals surface area contributed by atoms with E-state index in [0.29, 0.717) is 12.3 Å². The van der Waals surface area contributed by atoms with Gasteiger partial charge in [-0.05, 0) is 5.56 Å². The van der Waals surface area contributed by atoms with Crippen LogP contribution < -0.4 is 5.32 Å². The minimum atomic E-state index is 0. The van der Waals surface area contributed by atoms with Crippen LogP contribution in [0.25, 0.3) is 33.6 Å². The number of fused-ring (bicyclic) bond motifs is 1. The largest absolute Gasteiger partial charge is 0.437 e. The van der Waals surface area contributed by atoms with E-state index in [1.165, 1.54) is 6.33 Å². The molecular weight excluding hydrogens is 346 g/mol. The van der Waals surface area contributed by atoms with Crippen molar-refractivity contribution < 1.29 is 4.42 Å². The van der Waals surface area contributed by atoms with Crippen LogP contribution in [0.1, 0.15) is 0 Å². The summed E-state index contributed by atoms with van der Waals surface area (Å²) in [7, 11) is 0. The third kappa shape index (κ3) is 3.19. The average Bonchev–Trinajstić information content (AvgIpc) is 3.08. The van der Waals surface area contributed by atoms with Gasteiger partial charge >= 0.3 is 0 Å². The first kappa shape index (κ1) is 17.7. The van der Waals surface area contributed by atoms with E-state index < -0.39 is 0 Å². The number of aromatic nitrogens is 2. The topological polar surface area (TPSA) is 51.0 Å². The summed E-state index contributed by atoms with van der Waals surface area (Å²) >= 11 is 0. The van der Waals surface area contributed by atoms with Crippen molar-refractivity contribution in [1.82, 2.24) is 9.97 Å². The zero-order valence-electron chi connectivity index (χ0n) is 14.1. The second kappa shape index (κ2) is 7.85. The highest BCUT2D eigenvalue weighted by atomic mass is 35.5. The Bertz CT molecular complexity index is 1010. The van der Waals surface area contributed by atoms with Gasteiger partial charge in [0.1, 0.15) is 17.9 Å². The molecule has 1 N–H and O–H groups in total. The van der Waals surface area contributed by atoms with Crippen LogP contribution in [0.3, 0.4) is 0 Å². The van der Waals surface area contributed by atoms with Crippen molar-refractivity contribution in [3.63, 3.8) is 0 Å². The zero-order valence-corrected chi connectivity index (χ0v) is 14.9. The van der Waals surface area contributed by atoms with E-state index >= 15 is 0 Å². The lowest BCUT2D eigenvalue weighted by molar-refractivity contribution is 0.618. The molecule has 2 aromatic carbocycles. The van der Waals surface area contributed by atoms with Crippen LogP contribution in [0.5, 0.6) is 0 Å². The maximum atomic E-state index is 6.14. The summed E-state index contributed by atoms with van der Waals surface area (Å²) in [5, 5.41) is 4.17. The van der Waals surface area contributed by atoms with Gasteiger partial charge in [0.2, 0.25) is 5.71 Å². The molecule has 2 aromatic heterocycles.